The number of nitrogens with one attached hydrogen (secondary N) is 1. The van der Waals surface area contributed by atoms with Gasteiger partial charge in [-0.15, -0.1) is 0 Å². The molecular weight excluding hydrogens is 356 g/mol. The summed E-state index contributed by atoms with van der Waals surface area (Å²) in [4.78, 5) is 13.9. The van der Waals surface area contributed by atoms with Crippen LogP contribution in [0.4, 0.5) is 0 Å². The van der Waals surface area contributed by atoms with Gasteiger partial charge in [0.2, 0.25) is 5.91 Å². The van der Waals surface area contributed by atoms with Gasteiger partial charge in [-0.05, 0) is 25.1 Å². The van der Waals surface area contributed by atoms with E-state index < -0.39 is 11.5 Å². The number of halogens is 1. The molecule has 1 aliphatic rings. The Balaban J connectivity index is 1.71. The van der Waals surface area contributed by atoms with E-state index in [0.29, 0.717) is 23.9 Å². The van der Waals surface area contributed by atoms with Crippen molar-refractivity contribution in [3.05, 3.63) is 46.7 Å². The predicted molar refractivity (Wildman–Crippen MR) is 98.0 cm³/mol. The summed E-state index contributed by atoms with van der Waals surface area (Å²) in [6.45, 7) is 4.74. The van der Waals surface area contributed by atoms with Crippen molar-refractivity contribution in [1.29, 1.82) is 0 Å². The third-order valence-electron chi connectivity index (χ3n) is 4.45. The smallest absolute Gasteiger partial charge is 0.220 e. The summed E-state index contributed by atoms with van der Waals surface area (Å²) in [5.41, 5.74) is 6.85. The van der Waals surface area contributed by atoms with Gasteiger partial charge in [0.05, 0.1) is 19.2 Å². The maximum absolute atomic E-state index is 11.6. The topological polar surface area (TPSA) is 93.5 Å². The van der Waals surface area contributed by atoms with Crippen LogP contribution in [0.5, 0.6) is 5.75 Å². The Bertz CT molecular complexity index is 766. The SMILES string of the molecule is Cc1[nH]ncc1CN1CCO[C@](COc2cccc(Cl)c2)(CC(N)=O)C1. The number of carbonyl (C=O) groups excluding carboxylic acids is 1. The first-order chi connectivity index (χ1) is 12.5. The molecule has 1 aromatic carbocycles. The molecule has 0 radical (unpaired) electrons. The number of nitrogens with two attached hydrogens (primary N) is 1. The molecule has 1 aromatic heterocycles. The second kappa shape index (κ2) is 8.07. The van der Waals surface area contributed by atoms with Gasteiger partial charge in [0.1, 0.15) is 18.0 Å². The monoisotopic (exact) mass is 378 g/mol. The molecule has 0 unspecified atom stereocenters. The molecule has 0 spiro atoms. The Labute approximate surface area is 157 Å². The van der Waals surface area contributed by atoms with Crippen LogP contribution in [-0.4, -0.2) is 52.9 Å². The number of amides is 1. The molecule has 26 heavy (non-hydrogen) atoms. The van der Waals surface area contributed by atoms with Gasteiger partial charge in [0.25, 0.3) is 0 Å². The zero-order valence-corrected chi connectivity index (χ0v) is 15.5. The average Bonchev–Trinajstić information content (AvgIpc) is 2.98. The van der Waals surface area contributed by atoms with Crippen molar-refractivity contribution in [2.75, 3.05) is 26.3 Å². The second-order valence-corrected chi connectivity index (χ2v) is 7.09. The molecule has 7 nitrogen and oxygen atoms in total. The summed E-state index contributed by atoms with van der Waals surface area (Å²) in [7, 11) is 0. The van der Waals surface area contributed by atoms with Crippen molar-refractivity contribution >= 4 is 17.5 Å². The van der Waals surface area contributed by atoms with Crippen LogP contribution in [0.2, 0.25) is 5.02 Å². The first-order valence-electron chi connectivity index (χ1n) is 8.48. The second-order valence-electron chi connectivity index (χ2n) is 6.65. The number of hydrogen-bond donors (Lipinski definition) is 2. The Morgan fingerprint density at radius 3 is 3.08 bits per heavy atom. The molecule has 0 bridgehead atoms. The molecule has 8 heteroatoms. The summed E-state index contributed by atoms with van der Waals surface area (Å²) in [5, 5.41) is 7.60. The molecule has 3 N–H and O–H groups in total. The third kappa shape index (κ3) is 4.75. The highest BCUT2D eigenvalue weighted by atomic mass is 35.5. The van der Waals surface area contributed by atoms with Gasteiger partial charge in [-0.1, -0.05) is 17.7 Å². The van der Waals surface area contributed by atoms with E-state index in [9.17, 15) is 4.79 Å². The van der Waals surface area contributed by atoms with Crippen LogP contribution in [0.1, 0.15) is 17.7 Å². The fourth-order valence-corrected chi connectivity index (χ4v) is 3.35. The molecule has 2 aromatic rings. The maximum Gasteiger partial charge on any atom is 0.220 e. The zero-order valence-electron chi connectivity index (χ0n) is 14.7. The number of nitrogens with zero attached hydrogens (tertiary/aromatic N) is 2. The van der Waals surface area contributed by atoms with E-state index >= 15 is 0 Å². The molecule has 0 aliphatic carbocycles. The molecule has 0 saturated carbocycles. The predicted octanol–water partition coefficient (Wildman–Crippen LogP) is 1.90. The lowest BCUT2D eigenvalue weighted by Crippen LogP contribution is -2.56. The van der Waals surface area contributed by atoms with Crippen molar-refractivity contribution < 1.29 is 14.3 Å². The fourth-order valence-electron chi connectivity index (χ4n) is 3.17. The number of aromatic nitrogens is 2. The van der Waals surface area contributed by atoms with Gasteiger partial charge >= 0.3 is 0 Å². The van der Waals surface area contributed by atoms with Gasteiger partial charge in [0.15, 0.2) is 0 Å². The highest BCUT2D eigenvalue weighted by Crippen LogP contribution is 2.26. The Morgan fingerprint density at radius 2 is 2.38 bits per heavy atom. The minimum absolute atomic E-state index is 0.0917. The van der Waals surface area contributed by atoms with Crippen molar-refractivity contribution in [3.63, 3.8) is 0 Å². The van der Waals surface area contributed by atoms with E-state index in [-0.39, 0.29) is 13.0 Å². The van der Waals surface area contributed by atoms with E-state index in [1.54, 1.807) is 12.1 Å². The minimum atomic E-state index is -0.788. The van der Waals surface area contributed by atoms with Gasteiger partial charge in [-0.3, -0.25) is 14.8 Å². The molecular formula is C18H23ClN4O3. The number of aromatic amines is 1. The first kappa shape index (κ1) is 18.7. The zero-order chi connectivity index (χ0) is 18.6. The highest BCUT2D eigenvalue weighted by molar-refractivity contribution is 6.30. The van der Waals surface area contributed by atoms with Gasteiger partial charge in [0, 0.05) is 35.9 Å². The van der Waals surface area contributed by atoms with E-state index in [1.807, 2.05) is 25.3 Å². The Morgan fingerprint density at radius 1 is 1.54 bits per heavy atom. The number of aryl methyl sites for hydroxylation is 1. The fraction of sp³-hybridized carbons (Fsp3) is 0.444. The molecule has 2 heterocycles. The number of primary amides is 1. The minimum Gasteiger partial charge on any atom is -0.490 e. The molecule has 140 valence electrons. The van der Waals surface area contributed by atoms with Crippen LogP contribution in [-0.2, 0) is 16.1 Å². The normalized spacial score (nSPS) is 20.8. The van der Waals surface area contributed by atoms with Gasteiger partial charge in [-0.25, -0.2) is 0 Å². The van der Waals surface area contributed by atoms with Gasteiger partial charge in [-0.2, -0.15) is 5.10 Å². The summed E-state index contributed by atoms with van der Waals surface area (Å²) >= 11 is 6.00. The first-order valence-corrected chi connectivity index (χ1v) is 8.85. The summed E-state index contributed by atoms with van der Waals surface area (Å²) < 4.78 is 11.9. The van der Waals surface area contributed by atoms with Crippen molar-refractivity contribution in [2.24, 2.45) is 5.73 Å². The van der Waals surface area contributed by atoms with E-state index in [4.69, 9.17) is 26.8 Å². The molecule has 1 amide bonds. The number of carbonyl (C=O) groups is 1. The maximum atomic E-state index is 11.6. The van der Waals surface area contributed by atoms with Crippen molar-refractivity contribution in [3.8, 4) is 5.75 Å². The van der Waals surface area contributed by atoms with E-state index in [0.717, 1.165) is 24.3 Å². The number of hydrogen-bond acceptors (Lipinski definition) is 5. The van der Waals surface area contributed by atoms with E-state index in [1.165, 1.54) is 0 Å². The van der Waals surface area contributed by atoms with Crippen LogP contribution in [0.3, 0.4) is 0 Å². The number of ether oxygens (including phenoxy) is 2. The van der Waals surface area contributed by atoms with Crippen LogP contribution >= 0.6 is 11.6 Å². The van der Waals surface area contributed by atoms with Crippen molar-refractivity contribution in [2.45, 2.75) is 25.5 Å². The number of benzene rings is 1. The standard InChI is InChI=1S/C18H23ClN4O3/c1-13-14(9-21-22-13)10-23-5-6-26-18(11-23,8-17(20)24)12-25-16-4-2-3-15(19)7-16/h2-4,7,9H,5-6,8,10-12H2,1H3,(H2,20,24)(H,21,22)/t18-/m1/s1. The van der Waals surface area contributed by atoms with Crippen molar-refractivity contribution in [1.82, 2.24) is 15.1 Å². The molecule has 1 aliphatic heterocycles. The quantitative estimate of drug-likeness (QED) is 0.767. The molecule has 1 atom stereocenters. The molecule has 1 fully saturated rings. The summed E-state index contributed by atoms with van der Waals surface area (Å²) in [6, 6.07) is 7.14. The molecule has 1 saturated heterocycles. The number of H-pyrrole nitrogens is 1. The van der Waals surface area contributed by atoms with E-state index in [2.05, 4.69) is 15.1 Å². The van der Waals surface area contributed by atoms with Crippen LogP contribution in [0.25, 0.3) is 0 Å². The lowest BCUT2D eigenvalue weighted by molar-refractivity contribution is -0.148. The number of morpholine rings is 1. The lowest BCUT2D eigenvalue weighted by Gasteiger charge is -2.42. The molecule has 3 rings (SSSR count). The largest absolute Gasteiger partial charge is 0.490 e. The van der Waals surface area contributed by atoms with Crippen LogP contribution in [0, 0.1) is 6.92 Å². The van der Waals surface area contributed by atoms with Crippen LogP contribution in [0.15, 0.2) is 30.5 Å². The third-order valence-corrected chi connectivity index (χ3v) is 4.69. The Kier molecular flexibility index (Phi) is 5.80. The average molecular weight is 379 g/mol. The summed E-state index contributed by atoms with van der Waals surface area (Å²) in [6.07, 6.45) is 1.91. The number of rotatable bonds is 7. The Hall–Kier alpha value is -2.09. The van der Waals surface area contributed by atoms with Gasteiger partial charge < -0.3 is 15.2 Å². The summed E-state index contributed by atoms with van der Waals surface area (Å²) in [5.74, 6) is 0.216. The highest BCUT2D eigenvalue weighted by Gasteiger charge is 2.39. The van der Waals surface area contributed by atoms with Crippen LogP contribution < -0.4 is 10.5 Å². The lowest BCUT2D eigenvalue weighted by atomic mass is 9.97.